The summed E-state index contributed by atoms with van der Waals surface area (Å²) >= 11 is 0. The molecular weight excluding hydrogens is 146 g/mol. The quantitative estimate of drug-likeness (QED) is 0.508. The van der Waals surface area contributed by atoms with Gasteiger partial charge in [-0.2, -0.15) is 0 Å². The summed E-state index contributed by atoms with van der Waals surface area (Å²) < 4.78 is 2.27. The molecule has 1 aliphatic heterocycles. The minimum Gasteiger partial charge on any atom is -0.238 e. The number of hydrogen-bond acceptors (Lipinski definition) is 0. The smallest absolute Gasteiger partial charge is 0.170 e. The first-order valence-electron chi connectivity index (χ1n) is 4.49. The van der Waals surface area contributed by atoms with Crippen LogP contribution in [0.1, 0.15) is 17.5 Å². The van der Waals surface area contributed by atoms with Gasteiger partial charge in [-0.1, -0.05) is 18.2 Å². The molecule has 0 unspecified atom stereocenters. The zero-order chi connectivity index (χ0) is 8.39. The summed E-state index contributed by atoms with van der Waals surface area (Å²) in [6, 6.07) is 8.65. The average Bonchev–Trinajstić information content (AvgIpc) is 2.25. The maximum Gasteiger partial charge on any atom is 0.170 e. The molecule has 0 fully saturated rings. The third-order valence-corrected chi connectivity index (χ3v) is 2.37. The minimum atomic E-state index is 1.18. The van der Waals surface area contributed by atoms with Gasteiger partial charge in [0.25, 0.3) is 0 Å². The van der Waals surface area contributed by atoms with Crippen molar-refractivity contribution in [1.82, 2.24) is 0 Å². The summed E-state index contributed by atoms with van der Waals surface area (Å²) in [6.07, 6.45) is 4.73. The topological polar surface area (TPSA) is 3.01 Å². The van der Waals surface area contributed by atoms with Crippen LogP contribution >= 0.6 is 0 Å². The second-order valence-electron chi connectivity index (χ2n) is 3.41. The third-order valence-electron chi connectivity index (χ3n) is 2.37. The van der Waals surface area contributed by atoms with Crippen LogP contribution in [0.5, 0.6) is 0 Å². The standard InChI is InChI=1S/C11H14N/c1-12-8-4-7-10-5-2-3-6-11(10)9-12/h2-3,5-6,9H,4,7-8H2,1H3/q+1. The number of aryl methyl sites for hydroxylation is 1. The van der Waals surface area contributed by atoms with E-state index in [9.17, 15) is 0 Å². The fraction of sp³-hybridized carbons (Fsp3) is 0.364. The van der Waals surface area contributed by atoms with Crippen LogP contribution in [0.15, 0.2) is 24.3 Å². The lowest BCUT2D eigenvalue weighted by Crippen LogP contribution is -2.06. The third kappa shape index (κ3) is 1.40. The van der Waals surface area contributed by atoms with Crippen molar-refractivity contribution in [3.05, 3.63) is 35.4 Å². The average molecular weight is 160 g/mol. The van der Waals surface area contributed by atoms with Crippen molar-refractivity contribution in [3.63, 3.8) is 0 Å². The molecule has 0 saturated heterocycles. The molecule has 0 saturated carbocycles. The highest BCUT2D eigenvalue weighted by Gasteiger charge is 2.08. The Morgan fingerprint density at radius 1 is 1.25 bits per heavy atom. The Hall–Kier alpha value is -1.11. The summed E-state index contributed by atoms with van der Waals surface area (Å²) in [5, 5.41) is 0. The highest BCUT2D eigenvalue weighted by molar-refractivity contribution is 5.78. The predicted octanol–water partition coefficient (Wildman–Crippen LogP) is 1.69. The van der Waals surface area contributed by atoms with Gasteiger partial charge >= 0.3 is 0 Å². The van der Waals surface area contributed by atoms with E-state index in [4.69, 9.17) is 0 Å². The summed E-state index contributed by atoms with van der Waals surface area (Å²) in [5.74, 6) is 0. The van der Waals surface area contributed by atoms with Crippen LogP contribution in [0.25, 0.3) is 0 Å². The van der Waals surface area contributed by atoms with E-state index in [2.05, 4.69) is 42.1 Å². The van der Waals surface area contributed by atoms with E-state index in [0.29, 0.717) is 0 Å². The lowest BCUT2D eigenvalue weighted by Gasteiger charge is -1.97. The normalized spacial score (nSPS) is 16.2. The second kappa shape index (κ2) is 3.10. The SMILES string of the molecule is C[N+]1=Cc2ccccc2CCC1. The van der Waals surface area contributed by atoms with Gasteiger partial charge in [-0.15, -0.1) is 0 Å². The van der Waals surface area contributed by atoms with E-state index >= 15 is 0 Å². The molecule has 0 amide bonds. The molecule has 1 heterocycles. The zero-order valence-electron chi connectivity index (χ0n) is 7.46. The highest BCUT2D eigenvalue weighted by atomic mass is 14.9. The number of fused-ring (bicyclic) bond motifs is 1. The van der Waals surface area contributed by atoms with Gasteiger partial charge in [0.15, 0.2) is 6.21 Å². The van der Waals surface area contributed by atoms with E-state index in [0.717, 1.165) is 0 Å². The van der Waals surface area contributed by atoms with Gasteiger partial charge in [0.2, 0.25) is 0 Å². The monoisotopic (exact) mass is 160 g/mol. The van der Waals surface area contributed by atoms with Crippen LogP contribution in [-0.4, -0.2) is 24.4 Å². The van der Waals surface area contributed by atoms with E-state index < -0.39 is 0 Å². The van der Waals surface area contributed by atoms with Crippen molar-refractivity contribution >= 4 is 6.21 Å². The minimum absolute atomic E-state index is 1.18. The number of hydrogen-bond donors (Lipinski definition) is 0. The van der Waals surface area contributed by atoms with Gasteiger partial charge in [-0.3, -0.25) is 0 Å². The first-order valence-corrected chi connectivity index (χ1v) is 4.49. The lowest BCUT2D eigenvalue weighted by molar-refractivity contribution is -0.491. The molecule has 2 rings (SSSR count). The first kappa shape index (κ1) is 7.53. The van der Waals surface area contributed by atoms with Gasteiger partial charge in [-0.05, 0) is 18.1 Å². The fourth-order valence-electron chi connectivity index (χ4n) is 1.71. The Balaban J connectivity index is 2.47. The lowest BCUT2D eigenvalue weighted by atomic mass is 10.1. The molecule has 1 aliphatic rings. The molecular formula is C11H14N+. The van der Waals surface area contributed by atoms with E-state index in [1.807, 2.05) is 0 Å². The number of nitrogens with zero attached hydrogens (tertiary/aromatic N) is 1. The van der Waals surface area contributed by atoms with Crippen molar-refractivity contribution in [3.8, 4) is 0 Å². The maximum atomic E-state index is 2.27. The second-order valence-corrected chi connectivity index (χ2v) is 3.41. The van der Waals surface area contributed by atoms with Crippen LogP contribution in [0, 0.1) is 0 Å². The molecule has 0 radical (unpaired) electrons. The van der Waals surface area contributed by atoms with Gasteiger partial charge in [-0.25, -0.2) is 4.58 Å². The molecule has 1 aromatic rings. The summed E-state index contributed by atoms with van der Waals surface area (Å²) in [6.45, 7) is 1.18. The Morgan fingerprint density at radius 3 is 3.00 bits per heavy atom. The zero-order valence-corrected chi connectivity index (χ0v) is 7.46. The van der Waals surface area contributed by atoms with Gasteiger partial charge in [0, 0.05) is 12.0 Å². The van der Waals surface area contributed by atoms with Crippen LogP contribution < -0.4 is 0 Å². The van der Waals surface area contributed by atoms with Gasteiger partial charge < -0.3 is 0 Å². The number of rotatable bonds is 0. The van der Waals surface area contributed by atoms with E-state index in [1.54, 1.807) is 0 Å². The van der Waals surface area contributed by atoms with E-state index in [1.165, 1.54) is 30.5 Å². The maximum absolute atomic E-state index is 2.27. The van der Waals surface area contributed by atoms with Crippen molar-refractivity contribution in [2.75, 3.05) is 13.6 Å². The highest BCUT2D eigenvalue weighted by Crippen LogP contribution is 2.11. The Kier molecular flexibility index (Phi) is 1.94. The van der Waals surface area contributed by atoms with Crippen LogP contribution in [0.2, 0.25) is 0 Å². The van der Waals surface area contributed by atoms with Crippen molar-refractivity contribution in [2.45, 2.75) is 12.8 Å². The largest absolute Gasteiger partial charge is 0.238 e. The fourth-order valence-corrected chi connectivity index (χ4v) is 1.71. The van der Waals surface area contributed by atoms with Crippen LogP contribution in [-0.2, 0) is 6.42 Å². The molecule has 12 heavy (non-hydrogen) atoms. The molecule has 0 N–H and O–H groups in total. The number of benzene rings is 1. The molecule has 0 aliphatic carbocycles. The van der Waals surface area contributed by atoms with Crippen LogP contribution in [0.3, 0.4) is 0 Å². The Labute approximate surface area is 73.4 Å². The Morgan fingerprint density at radius 2 is 2.08 bits per heavy atom. The molecule has 0 atom stereocenters. The van der Waals surface area contributed by atoms with Crippen molar-refractivity contribution in [2.24, 2.45) is 0 Å². The Bertz CT molecular complexity index is 313. The van der Waals surface area contributed by atoms with Crippen LogP contribution in [0.4, 0.5) is 0 Å². The van der Waals surface area contributed by atoms with Gasteiger partial charge in [0.1, 0.15) is 13.6 Å². The van der Waals surface area contributed by atoms with Crippen molar-refractivity contribution < 1.29 is 4.58 Å². The molecule has 0 spiro atoms. The molecule has 62 valence electrons. The molecule has 0 bridgehead atoms. The summed E-state index contributed by atoms with van der Waals surface area (Å²) in [4.78, 5) is 0. The first-order chi connectivity index (χ1) is 5.86. The summed E-state index contributed by atoms with van der Waals surface area (Å²) in [5.41, 5.74) is 2.87. The molecule has 1 aromatic carbocycles. The van der Waals surface area contributed by atoms with E-state index in [-0.39, 0.29) is 0 Å². The molecule has 0 aromatic heterocycles. The van der Waals surface area contributed by atoms with Gasteiger partial charge in [0.05, 0.1) is 0 Å². The molecule has 1 nitrogen and oxygen atoms in total. The molecule has 1 heteroatoms. The van der Waals surface area contributed by atoms with Crippen molar-refractivity contribution in [1.29, 1.82) is 0 Å². The predicted molar refractivity (Wildman–Crippen MR) is 51.0 cm³/mol. The summed E-state index contributed by atoms with van der Waals surface area (Å²) in [7, 11) is 2.14.